The van der Waals surface area contributed by atoms with Crippen LogP contribution in [0.15, 0.2) is 59.5 Å². The number of carbonyl (C=O) groups excluding carboxylic acids is 1. The number of aliphatic hydroxyl groups is 1. The largest absolute Gasteiger partial charge is 0.396 e. The lowest BCUT2D eigenvalue weighted by Gasteiger charge is -2.25. The average Bonchev–Trinajstić information content (AvgIpc) is 2.77. The number of aromatic nitrogens is 1. The Balaban J connectivity index is 1.90. The Kier molecular flexibility index (Phi) is 6.82. The highest BCUT2D eigenvalue weighted by Crippen LogP contribution is 2.25. The second kappa shape index (κ2) is 9.23. The molecule has 8 nitrogen and oxygen atoms in total. The molecule has 3 rings (SSSR count). The van der Waals surface area contributed by atoms with Crippen molar-refractivity contribution in [2.45, 2.75) is 31.1 Å². The maximum Gasteiger partial charge on any atom is 0.264 e. The molecule has 2 aromatic carbocycles. The van der Waals surface area contributed by atoms with Crippen molar-refractivity contribution in [3.8, 4) is 11.1 Å². The predicted octanol–water partition coefficient (Wildman–Crippen LogP) is 1.90. The van der Waals surface area contributed by atoms with Gasteiger partial charge in [0.05, 0.1) is 0 Å². The molecular weight excluding hydrogens is 432 g/mol. The number of amides is 1. The van der Waals surface area contributed by atoms with Crippen LogP contribution < -0.4 is 11.0 Å². The zero-order valence-electron chi connectivity index (χ0n) is 17.9. The first-order valence-corrected chi connectivity index (χ1v) is 12.0. The number of aryl methyl sites for hydroxylation is 1. The lowest BCUT2D eigenvalue weighted by atomic mass is 10.0. The number of hydroxylamine groups is 1. The van der Waals surface area contributed by atoms with Crippen LogP contribution >= 0.6 is 0 Å². The number of benzene rings is 2. The van der Waals surface area contributed by atoms with Gasteiger partial charge in [0.15, 0.2) is 14.6 Å². The normalized spacial score (nSPS) is 13.6. The number of rotatable bonds is 8. The lowest BCUT2D eigenvalue weighted by molar-refractivity contribution is -0.131. The third-order valence-corrected chi connectivity index (χ3v) is 7.92. The Morgan fingerprint density at radius 2 is 1.75 bits per heavy atom. The molecule has 0 unspecified atom stereocenters. The molecule has 0 fully saturated rings. The average molecular weight is 459 g/mol. The summed E-state index contributed by atoms with van der Waals surface area (Å²) >= 11 is 0. The molecule has 1 amide bonds. The zero-order chi connectivity index (χ0) is 23.5. The van der Waals surface area contributed by atoms with Gasteiger partial charge in [-0.15, -0.1) is 0 Å². The number of aliphatic hydroxyl groups excluding tert-OH is 1. The van der Waals surface area contributed by atoms with Crippen molar-refractivity contribution in [2.75, 3.05) is 12.9 Å². The summed E-state index contributed by atoms with van der Waals surface area (Å²) in [6.07, 6.45) is 2.90. The van der Waals surface area contributed by atoms with Crippen molar-refractivity contribution < 1.29 is 23.5 Å². The number of nitrogens with one attached hydrogen (secondary N) is 1. The molecule has 1 heterocycles. The molecule has 0 saturated heterocycles. The summed E-state index contributed by atoms with van der Waals surface area (Å²) in [5.74, 6) is -1.04. The molecule has 0 saturated carbocycles. The van der Waals surface area contributed by atoms with Crippen LogP contribution in [0.1, 0.15) is 18.9 Å². The van der Waals surface area contributed by atoms with Gasteiger partial charge < -0.3 is 9.67 Å². The van der Waals surface area contributed by atoms with Gasteiger partial charge in [0.1, 0.15) is 0 Å². The van der Waals surface area contributed by atoms with Crippen molar-refractivity contribution in [1.29, 1.82) is 0 Å². The first kappa shape index (κ1) is 23.6. The maximum absolute atomic E-state index is 12.9. The van der Waals surface area contributed by atoms with E-state index >= 15 is 0 Å². The van der Waals surface area contributed by atoms with Gasteiger partial charge in [-0.05, 0) is 60.0 Å². The molecular formula is C23H26N2O6S. The molecule has 0 aliphatic heterocycles. The van der Waals surface area contributed by atoms with Crippen LogP contribution in [0.25, 0.3) is 21.9 Å². The smallest absolute Gasteiger partial charge is 0.264 e. The Morgan fingerprint density at radius 1 is 1.09 bits per heavy atom. The van der Waals surface area contributed by atoms with Gasteiger partial charge in [0.25, 0.3) is 11.5 Å². The van der Waals surface area contributed by atoms with E-state index in [0.717, 1.165) is 28.3 Å². The van der Waals surface area contributed by atoms with Crippen LogP contribution in [0.4, 0.5) is 0 Å². The van der Waals surface area contributed by atoms with Crippen LogP contribution in [-0.2, 0) is 27.6 Å². The highest BCUT2D eigenvalue weighted by molar-refractivity contribution is 7.92. The molecule has 1 aromatic heterocycles. The van der Waals surface area contributed by atoms with Gasteiger partial charge in [0, 0.05) is 31.0 Å². The van der Waals surface area contributed by atoms with Gasteiger partial charge in [-0.2, -0.15) is 0 Å². The number of hydrogen-bond donors (Lipinski definition) is 3. The molecule has 9 heteroatoms. The Bertz CT molecular complexity index is 1300. The third-order valence-electron chi connectivity index (χ3n) is 5.89. The maximum atomic E-state index is 12.9. The molecule has 3 aromatic rings. The topological polar surface area (TPSA) is 126 Å². The van der Waals surface area contributed by atoms with Crippen molar-refractivity contribution >= 4 is 26.5 Å². The summed E-state index contributed by atoms with van der Waals surface area (Å²) < 4.78 is 23.7. The van der Waals surface area contributed by atoms with Crippen molar-refractivity contribution in [3.05, 3.63) is 70.6 Å². The molecule has 32 heavy (non-hydrogen) atoms. The third kappa shape index (κ3) is 4.59. The van der Waals surface area contributed by atoms with Gasteiger partial charge in [0.2, 0.25) is 0 Å². The summed E-state index contributed by atoms with van der Waals surface area (Å²) in [6, 6.07) is 15.1. The summed E-state index contributed by atoms with van der Waals surface area (Å²) in [7, 11) is -3.85. The SMILES string of the molecule is C[C@@](CCn1ccc2cc(-c3ccc(CCO)cc3)ccc2c1=O)(C(=O)NO)S(C)(=O)=O. The quantitative estimate of drug-likeness (QED) is 0.350. The highest BCUT2D eigenvalue weighted by Gasteiger charge is 2.43. The first-order chi connectivity index (χ1) is 15.1. The lowest BCUT2D eigenvalue weighted by Crippen LogP contribution is -2.49. The fourth-order valence-electron chi connectivity index (χ4n) is 3.56. The summed E-state index contributed by atoms with van der Waals surface area (Å²) in [5, 5.41) is 19.2. The van der Waals surface area contributed by atoms with Crippen molar-refractivity contribution in [2.24, 2.45) is 0 Å². The van der Waals surface area contributed by atoms with Crippen LogP contribution in [0, 0.1) is 0 Å². The number of nitrogens with zero attached hydrogens (tertiary/aromatic N) is 1. The molecule has 170 valence electrons. The monoisotopic (exact) mass is 458 g/mol. The van der Waals surface area contributed by atoms with Crippen LogP contribution in [0.5, 0.6) is 0 Å². The predicted molar refractivity (Wildman–Crippen MR) is 122 cm³/mol. The van der Waals surface area contributed by atoms with Crippen molar-refractivity contribution in [1.82, 2.24) is 10.0 Å². The fraction of sp³-hybridized carbons (Fsp3) is 0.304. The van der Waals surface area contributed by atoms with E-state index in [4.69, 9.17) is 10.3 Å². The zero-order valence-corrected chi connectivity index (χ0v) is 18.7. The molecule has 0 aliphatic rings. The summed E-state index contributed by atoms with van der Waals surface area (Å²) in [4.78, 5) is 24.9. The number of sulfone groups is 1. The minimum atomic E-state index is -3.85. The summed E-state index contributed by atoms with van der Waals surface area (Å²) in [5.41, 5.74) is 4.07. The van der Waals surface area contributed by atoms with E-state index in [1.165, 1.54) is 17.0 Å². The molecule has 0 spiro atoms. The van der Waals surface area contributed by atoms with E-state index in [1.807, 2.05) is 36.4 Å². The van der Waals surface area contributed by atoms with E-state index < -0.39 is 20.5 Å². The number of fused-ring (bicyclic) bond motifs is 1. The standard InChI is InChI=1S/C23H26N2O6S/c1-23(22(28)24-29,32(2,30)31)11-13-25-12-9-19-15-18(7-8-20(19)21(25)27)17-5-3-16(4-6-17)10-14-26/h3-9,12,15,26,29H,10-11,13-14H2,1-2H3,(H,24,28)/t23-/m1/s1. The number of pyridine rings is 1. The van der Waals surface area contributed by atoms with E-state index in [2.05, 4.69) is 0 Å². The van der Waals surface area contributed by atoms with Gasteiger partial charge >= 0.3 is 0 Å². The van der Waals surface area contributed by atoms with E-state index in [1.54, 1.807) is 18.3 Å². The highest BCUT2D eigenvalue weighted by atomic mass is 32.2. The fourth-order valence-corrected chi connectivity index (χ4v) is 4.40. The second-order valence-electron chi connectivity index (χ2n) is 7.98. The Labute approximate surface area is 186 Å². The number of hydrogen-bond acceptors (Lipinski definition) is 6. The van der Waals surface area contributed by atoms with E-state index in [-0.39, 0.29) is 25.1 Å². The van der Waals surface area contributed by atoms with Gasteiger partial charge in [-0.25, -0.2) is 13.9 Å². The van der Waals surface area contributed by atoms with Crippen LogP contribution in [0.2, 0.25) is 0 Å². The number of carbonyl (C=O) groups is 1. The molecule has 3 N–H and O–H groups in total. The van der Waals surface area contributed by atoms with Crippen LogP contribution in [-0.4, -0.2) is 46.8 Å². The molecule has 0 aliphatic carbocycles. The Morgan fingerprint density at radius 3 is 2.34 bits per heavy atom. The van der Waals surface area contributed by atoms with Crippen molar-refractivity contribution in [3.63, 3.8) is 0 Å². The minimum absolute atomic E-state index is 0.0141. The van der Waals surface area contributed by atoms with E-state index in [0.29, 0.717) is 11.8 Å². The molecule has 0 bridgehead atoms. The minimum Gasteiger partial charge on any atom is -0.396 e. The Hall–Kier alpha value is -3.01. The summed E-state index contributed by atoms with van der Waals surface area (Å²) in [6.45, 7) is 1.30. The van der Waals surface area contributed by atoms with Crippen LogP contribution in [0.3, 0.4) is 0 Å². The first-order valence-electron chi connectivity index (χ1n) is 10.1. The van der Waals surface area contributed by atoms with Gasteiger partial charge in [-0.1, -0.05) is 30.3 Å². The van der Waals surface area contributed by atoms with E-state index in [9.17, 15) is 18.0 Å². The molecule has 0 radical (unpaired) electrons. The second-order valence-corrected chi connectivity index (χ2v) is 10.4. The van der Waals surface area contributed by atoms with Gasteiger partial charge in [-0.3, -0.25) is 14.8 Å². The molecule has 1 atom stereocenters.